The average Bonchev–Trinajstić information content (AvgIpc) is 2.57. The SMILES string of the molecule is CC(=O)N(/C=C(/C#N)C(=O)N1CCCCC1)c1ccc(N)cc1. The van der Waals surface area contributed by atoms with E-state index >= 15 is 0 Å². The van der Waals surface area contributed by atoms with Gasteiger partial charge in [-0.1, -0.05) is 0 Å². The van der Waals surface area contributed by atoms with Gasteiger partial charge < -0.3 is 10.6 Å². The zero-order chi connectivity index (χ0) is 16.8. The first-order valence-electron chi connectivity index (χ1n) is 7.59. The minimum Gasteiger partial charge on any atom is -0.399 e. The quantitative estimate of drug-likeness (QED) is 0.525. The summed E-state index contributed by atoms with van der Waals surface area (Å²) in [5.41, 5.74) is 6.74. The minimum absolute atomic E-state index is 0.0427. The molecule has 1 aromatic rings. The number of likely N-dealkylation sites (tertiary alicyclic amines) is 1. The summed E-state index contributed by atoms with van der Waals surface area (Å²) in [6.45, 7) is 2.69. The van der Waals surface area contributed by atoms with Crippen LogP contribution in [0.2, 0.25) is 0 Å². The standard InChI is InChI=1S/C17H20N4O2/c1-13(22)21(16-7-5-15(19)6-8-16)12-14(11-18)17(23)20-9-3-2-4-10-20/h5-8,12H,2-4,9-10,19H2,1H3/b14-12-. The van der Waals surface area contributed by atoms with Crippen LogP contribution in [0.3, 0.4) is 0 Å². The first-order valence-corrected chi connectivity index (χ1v) is 7.59. The first kappa shape index (κ1) is 16.6. The molecule has 6 nitrogen and oxygen atoms in total. The molecule has 0 atom stereocenters. The number of hydrogen-bond donors (Lipinski definition) is 1. The Bertz CT molecular complexity index is 652. The Morgan fingerprint density at radius 2 is 1.83 bits per heavy atom. The second kappa shape index (κ2) is 7.45. The predicted octanol–water partition coefficient (Wildman–Crippen LogP) is 2.04. The summed E-state index contributed by atoms with van der Waals surface area (Å²) in [6.07, 6.45) is 4.29. The average molecular weight is 312 g/mol. The molecule has 1 heterocycles. The summed E-state index contributed by atoms with van der Waals surface area (Å²) in [5, 5.41) is 9.33. The van der Waals surface area contributed by atoms with Gasteiger partial charge in [0.2, 0.25) is 5.91 Å². The van der Waals surface area contributed by atoms with Crippen LogP contribution in [0.5, 0.6) is 0 Å². The molecule has 120 valence electrons. The lowest BCUT2D eigenvalue weighted by atomic mass is 10.1. The molecule has 2 N–H and O–H groups in total. The monoisotopic (exact) mass is 312 g/mol. The zero-order valence-corrected chi connectivity index (χ0v) is 13.2. The summed E-state index contributed by atoms with van der Waals surface area (Å²) < 4.78 is 0. The number of nitrogens with two attached hydrogens (primary N) is 1. The van der Waals surface area contributed by atoms with Crippen molar-refractivity contribution in [3.8, 4) is 6.07 Å². The van der Waals surface area contributed by atoms with Crippen LogP contribution in [0.1, 0.15) is 26.2 Å². The van der Waals surface area contributed by atoms with Crippen molar-refractivity contribution in [3.05, 3.63) is 36.0 Å². The fourth-order valence-corrected chi connectivity index (χ4v) is 2.51. The van der Waals surface area contributed by atoms with E-state index in [-0.39, 0.29) is 17.4 Å². The summed E-state index contributed by atoms with van der Waals surface area (Å²) in [5.74, 6) is -0.608. The largest absolute Gasteiger partial charge is 0.399 e. The van der Waals surface area contributed by atoms with Crippen molar-refractivity contribution < 1.29 is 9.59 Å². The molecule has 0 bridgehead atoms. The number of nitrogens with zero attached hydrogens (tertiary/aromatic N) is 3. The van der Waals surface area contributed by atoms with Crippen LogP contribution in [0.4, 0.5) is 11.4 Å². The maximum absolute atomic E-state index is 12.5. The highest BCUT2D eigenvalue weighted by atomic mass is 16.2. The molecule has 0 saturated carbocycles. The lowest BCUT2D eigenvalue weighted by molar-refractivity contribution is -0.127. The molecule has 0 radical (unpaired) electrons. The van der Waals surface area contributed by atoms with E-state index in [9.17, 15) is 14.9 Å². The molecular formula is C17H20N4O2. The molecule has 1 aliphatic rings. The highest BCUT2D eigenvalue weighted by molar-refractivity contribution is 6.01. The van der Waals surface area contributed by atoms with E-state index in [2.05, 4.69) is 0 Å². The third-order valence-corrected chi connectivity index (χ3v) is 3.76. The van der Waals surface area contributed by atoms with Crippen molar-refractivity contribution in [3.63, 3.8) is 0 Å². The lowest BCUT2D eigenvalue weighted by Crippen LogP contribution is -2.37. The molecule has 0 aliphatic carbocycles. The molecule has 1 saturated heterocycles. The van der Waals surface area contributed by atoms with Crippen LogP contribution >= 0.6 is 0 Å². The number of benzene rings is 1. The van der Waals surface area contributed by atoms with Gasteiger partial charge in [0.25, 0.3) is 5.91 Å². The van der Waals surface area contributed by atoms with Gasteiger partial charge in [0, 0.05) is 37.6 Å². The van der Waals surface area contributed by atoms with Crippen molar-refractivity contribution in [2.24, 2.45) is 0 Å². The van der Waals surface area contributed by atoms with Crippen molar-refractivity contribution in [2.45, 2.75) is 26.2 Å². The Morgan fingerprint density at radius 3 is 2.35 bits per heavy atom. The Labute approximate surface area is 135 Å². The van der Waals surface area contributed by atoms with E-state index in [4.69, 9.17) is 5.73 Å². The number of nitrogen functional groups attached to an aromatic ring is 1. The molecule has 1 fully saturated rings. The number of carbonyl (C=O) groups excluding carboxylic acids is 2. The van der Waals surface area contributed by atoms with Gasteiger partial charge in [-0.3, -0.25) is 14.5 Å². The van der Waals surface area contributed by atoms with Crippen LogP contribution in [0.15, 0.2) is 36.0 Å². The van der Waals surface area contributed by atoms with Crippen molar-refractivity contribution in [2.75, 3.05) is 23.7 Å². The number of hydrogen-bond acceptors (Lipinski definition) is 4. The topological polar surface area (TPSA) is 90.4 Å². The molecule has 0 unspecified atom stereocenters. The molecular weight excluding hydrogens is 292 g/mol. The van der Waals surface area contributed by atoms with E-state index in [1.165, 1.54) is 18.0 Å². The van der Waals surface area contributed by atoms with E-state index in [1.54, 1.807) is 29.2 Å². The van der Waals surface area contributed by atoms with Crippen LogP contribution in [-0.2, 0) is 9.59 Å². The molecule has 1 aliphatic heterocycles. The highest BCUT2D eigenvalue weighted by Gasteiger charge is 2.22. The highest BCUT2D eigenvalue weighted by Crippen LogP contribution is 2.19. The normalized spacial score (nSPS) is 15.0. The molecule has 2 rings (SSSR count). The maximum atomic E-state index is 12.5. The van der Waals surface area contributed by atoms with E-state index < -0.39 is 0 Å². The number of piperidine rings is 1. The Kier molecular flexibility index (Phi) is 5.36. The Morgan fingerprint density at radius 1 is 1.22 bits per heavy atom. The van der Waals surface area contributed by atoms with Gasteiger partial charge in [0.1, 0.15) is 11.6 Å². The summed E-state index contributed by atoms with van der Waals surface area (Å²) >= 11 is 0. The number of carbonyl (C=O) groups is 2. The molecule has 6 heteroatoms. The number of nitriles is 1. The van der Waals surface area contributed by atoms with Gasteiger partial charge in [-0.15, -0.1) is 0 Å². The minimum atomic E-state index is -0.325. The van der Waals surface area contributed by atoms with E-state index in [1.807, 2.05) is 6.07 Å². The molecule has 23 heavy (non-hydrogen) atoms. The van der Waals surface area contributed by atoms with Crippen molar-refractivity contribution >= 4 is 23.2 Å². The van der Waals surface area contributed by atoms with Gasteiger partial charge in [0.15, 0.2) is 0 Å². The predicted molar refractivity (Wildman–Crippen MR) is 88.1 cm³/mol. The van der Waals surface area contributed by atoms with Crippen LogP contribution in [-0.4, -0.2) is 29.8 Å². The second-order valence-electron chi connectivity index (χ2n) is 5.49. The fraction of sp³-hybridized carbons (Fsp3) is 0.353. The lowest BCUT2D eigenvalue weighted by Gasteiger charge is -2.27. The zero-order valence-electron chi connectivity index (χ0n) is 13.2. The third-order valence-electron chi connectivity index (χ3n) is 3.76. The van der Waals surface area contributed by atoms with Crippen molar-refractivity contribution in [1.29, 1.82) is 5.26 Å². The molecule has 0 spiro atoms. The fourth-order valence-electron chi connectivity index (χ4n) is 2.51. The van der Waals surface area contributed by atoms with Gasteiger partial charge in [-0.25, -0.2) is 0 Å². The number of anilines is 2. The van der Waals surface area contributed by atoms with Crippen LogP contribution < -0.4 is 10.6 Å². The number of amides is 2. The van der Waals surface area contributed by atoms with E-state index in [0.717, 1.165) is 19.3 Å². The second-order valence-corrected chi connectivity index (χ2v) is 5.49. The Hall–Kier alpha value is -2.81. The molecule has 2 amide bonds. The van der Waals surface area contributed by atoms with Gasteiger partial charge in [-0.2, -0.15) is 5.26 Å². The molecule has 0 aromatic heterocycles. The number of rotatable bonds is 3. The van der Waals surface area contributed by atoms with Crippen LogP contribution in [0.25, 0.3) is 0 Å². The van der Waals surface area contributed by atoms with E-state index in [0.29, 0.717) is 24.5 Å². The summed E-state index contributed by atoms with van der Waals surface area (Å²) in [6, 6.07) is 8.59. The Balaban J connectivity index is 2.28. The maximum Gasteiger partial charge on any atom is 0.266 e. The van der Waals surface area contributed by atoms with Crippen molar-refractivity contribution in [1.82, 2.24) is 4.90 Å². The van der Waals surface area contributed by atoms with Gasteiger partial charge >= 0.3 is 0 Å². The molecule has 1 aromatic carbocycles. The smallest absolute Gasteiger partial charge is 0.266 e. The van der Waals surface area contributed by atoms with Gasteiger partial charge in [-0.05, 0) is 43.5 Å². The first-order chi connectivity index (χ1) is 11.0. The van der Waals surface area contributed by atoms with Gasteiger partial charge in [0.05, 0.1) is 0 Å². The van der Waals surface area contributed by atoms with Crippen LogP contribution in [0, 0.1) is 11.3 Å². The summed E-state index contributed by atoms with van der Waals surface area (Å²) in [7, 11) is 0. The third kappa shape index (κ3) is 4.10. The summed E-state index contributed by atoms with van der Waals surface area (Å²) in [4.78, 5) is 27.3.